The smallest absolute Gasteiger partial charge is 0.222 e. The molecule has 3 aromatic rings. The molecular weight excluding hydrogens is 380 g/mol. The van der Waals surface area contributed by atoms with E-state index in [1.165, 1.54) is 0 Å². The number of hydrogen-bond acceptors (Lipinski definition) is 6. The first-order chi connectivity index (χ1) is 14.6. The summed E-state index contributed by atoms with van der Waals surface area (Å²) in [6.07, 6.45) is 5.90. The Morgan fingerprint density at radius 2 is 2.10 bits per heavy atom. The van der Waals surface area contributed by atoms with E-state index in [4.69, 9.17) is 4.98 Å². The lowest BCUT2D eigenvalue weighted by atomic mass is 10.2. The summed E-state index contributed by atoms with van der Waals surface area (Å²) in [6.45, 7) is 11.3. The van der Waals surface area contributed by atoms with Gasteiger partial charge in [-0.3, -0.25) is 9.48 Å². The Hall–Kier alpha value is -2.97. The Labute approximate surface area is 176 Å². The summed E-state index contributed by atoms with van der Waals surface area (Å²) in [6, 6.07) is 0.169. The lowest BCUT2D eigenvalue weighted by molar-refractivity contribution is -0.129. The van der Waals surface area contributed by atoms with Gasteiger partial charge in [0.2, 0.25) is 5.91 Å². The molecular formula is C21H30N8O. The van der Waals surface area contributed by atoms with Gasteiger partial charge in [-0.2, -0.15) is 5.10 Å². The van der Waals surface area contributed by atoms with Crippen molar-refractivity contribution in [2.45, 2.75) is 66.1 Å². The maximum absolute atomic E-state index is 12.0. The van der Waals surface area contributed by atoms with Crippen LogP contribution in [0.25, 0.3) is 22.6 Å². The predicted octanol–water partition coefficient (Wildman–Crippen LogP) is 2.85. The van der Waals surface area contributed by atoms with Gasteiger partial charge in [-0.05, 0) is 26.7 Å². The average Bonchev–Trinajstić information content (AvgIpc) is 3.46. The second-order valence-corrected chi connectivity index (χ2v) is 7.76. The molecule has 160 valence electrons. The number of carbonyl (C=O) groups excluding carboxylic acids is 1. The number of fused-ring (bicyclic) bond motifs is 1. The van der Waals surface area contributed by atoms with Gasteiger partial charge >= 0.3 is 0 Å². The van der Waals surface area contributed by atoms with Crippen LogP contribution in [-0.2, 0) is 17.9 Å². The van der Waals surface area contributed by atoms with Gasteiger partial charge in [0.05, 0.1) is 11.8 Å². The fraction of sp³-hybridized carbons (Fsp3) is 0.571. The van der Waals surface area contributed by atoms with Gasteiger partial charge in [0, 0.05) is 44.3 Å². The molecule has 9 nitrogen and oxygen atoms in total. The number of anilines is 1. The summed E-state index contributed by atoms with van der Waals surface area (Å²) in [5.41, 5.74) is 3.71. The van der Waals surface area contributed by atoms with Crippen LogP contribution in [0.1, 0.15) is 45.7 Å². The molecule has 0 aromatic carbocycles. The van der Waals surface area contributed by atoms with E-state index in [0.717, 1.165) is 66.5 Å². The van der Waals surface area contributed by atoms with Gasteiger partial charge in [-0.15, -0.1) is 0 Å². The van der Waals surface area contributed by atoms with E-state index >= 15 is 0 Å². The molecule has 4 rings (SSSR count). The fourth-order valence-corrected chi connectivity index (χ4v) is 4.19. The van der Waals surface area contributed by atoms with Crippen molar-refractivity contribution in [2.75, 3.05) is 18.4 Å². The molecule has 0 aliphatic carbocycles. The van der Waals surface area contributed by atoms with Crippen LogP contribution in [0.4, 0.5) is 5.82 Å². The highest BCUT2D eigenvalue weighted by molar-refractivity contribution is 5.86. The van der Waals surface area contributed by atoms with Crippen molar-refractivity contribution in [3.8, 4) is 11.4 Å². The SMILES string of the molecule is CCCn1c(-c2cnn(CC)c2C)nc2c(NC3CCN(C(=O)CC)C3)ncnc21. The molecule has 0 bridgehead atoms. The van der Waals surface area contributed by atoms with Crippen molar-refractivity contribution in [1.29, 1.82) is 0 Å². The zero-order chi connectivity index (χ0) is 21.3. The summed E-state index contributed by atoms with van der Waals surface area (Å²) in [5, 5.41) is 8.01. The minimum absolute atomic E-state index is 0.169. The second-order valence-electron chi connectivity index (χ2n) is 7.76. The molecule has 1 unspecified atom stereocenters. The molecule has 1 saturated heterocycles. The first kappa shape index (κ1) is 20.3. The third kappa shape index (κ3) is 3.53. The summed E-state index contributed by atoms with van der Waals surface area (Å²) >= 11 is 0. The fourth-order valence-electron chi connectivity index (χ4n) is 4.19. The Balaban J connectivity index is 1.71. The minimum atomic E-state index is 0.169. The topological polar surface area (TPSA) is 93.8 Å². The number of rotatable bonds is 7. The molecule has 0 radical (unpaired) electrons. The number of nitrogens with one attached hydrogen (secondary N) is 1. The number of hydrogen-bond donors (Lipinski definition) is 1. The number of carbonyl (C=O) groups is 1. The molecule has 1 amide bonds. The molecule has 0 saturated carbocycles. The summed E-state index contributed by atoms with van der Waals surface area (Å²) in [4.78, 5) is 27.9. The zero-order valence-corrected chi connectivity index (χ0v) is 18.2. The van der Waals surface area contributed by atoms with E-state index in [9.17, 15) is 4.79 Å². The van der Waals surface area contributed by atoms with E-state index in [-0.39, 0.29) is 11.9 Å². The lowest BCUT2D eigenvalue weighted by Crippen LogP contribution is -2.31. The molecule has 1 aliphatic heterocycles. The van der Waals surface area contributed by atoms with Crippen LogP contribution in [-0.4, -0.2) is 59.2 Å². The number of aromatic nitrogens is 6. The molecule has 9 heteroatoms. The van der Waals surface area contributed by atoms with E-state index in [0.29, 0.717) is 13.0 Å². The number of aryl methyl sites for hydroxylation is 2. The van der Waals surface area contributed by atoms with Crippen LogP contribution in [0.2, 0.25) is 0 Å². The molecule has 1 N–H and O–H groups in total. The molecule has 3 aromatic heterocycles. The molecule has 0 spiro atoms. The molecule has 30 heavy (non-hydrogen) atoms. The highest BCUT2D eigenvalue weighted by Gasteiger charge is 2.27. The summed E-state index contributed by atoms with van der Waals surface area (Å²) in [7, 11) is 0. The van der Waals surface area contributed by atoms with Crippen molar-refractivity contribution in [3.05, 3.63) is 18.2 Å². The summed E-state index contributed by atoms with van der Waals surface area (Å²) in [5.74, 6) is 1.80. The molecule has 1 aliphatic rings. The van der Waals surface area contributed by atoms with Crippen molar-refractivity contribution in [3.63, 3.8) is 0 Å². The monoisotopic (exact) mass is 410 g/mol. The van der Waals surface area contributed by atoms with E-state index < -0.39 is 0 Å². The number of imidazole rings is 1. The van der Waals surface area contributed by atoms with Gasteiger partial charge in [-0.25, -0.2) is 15.0 Å². The van der Waals surface area contributed by atoms with Crippen molar-refractivity contribution in [2.24, 2.45) is 0 Å². The van der Waals surface area contributed by atoms with Gasteiger partial charge < -0.3 is 14.8 Å². The Morgan fingerprint density at radius 1 is 1.27 bits per heavy atom. The Kier molecular flexibility index (Phi) is 5.69. The summed E-state index contributed by atoms with van der Waals surface area (Å²) < 4.78 is 4.14. The molecule has 1 fully saturated rings. The third-order valence-electron chi connectivity index (χ3n) is 5.81. The Morgan fingerprint density at radius 3 is 2.80 bits per heavy atom. The maximum atomic E-state index is 12.0. The number of amides is 1. The van der Waals surface area contributed by atoms with Crippen LogP contribution in [0.15, 0.2) is 12.5 Å². The van der Waals surface area contributed by atoms with Crippen LogP contribution in [0.3, 0.4) is 0 Å². The standard InChI is InChI=1S/C21H30N8O/c1-5-9-28-20(16-11-24-29(7-3)14(16)4)26-18-19(22-13-23-21(18)28)25-15-8-10-27(12-15)17(30)6-2/h11,13,15H,5-10,12H2,1-4H3,(H,22,23,25). The molecule has 1 atom stereocenters. The first-order valence-electron chi connectivity index (χ1n) is 10.9. The van der Waals surface area contributed by atoms with E-state index in [1.54, 1.807) is 6.33 Å². The predicted molar refractivity (Wildman–Crippen MR) is 116 cm³/mol. The number of nitrogens with zero attached hydrogens (tertiary/aromatic N) is 7. The van der Waals surface area contributed by atoms with E-state index in [2.05, 4.69) is 45.7 Å². The molecule has 4 heterocycles. The highest BCUT2D eigenvalue weighted by Crippen LogP contribution is 2.30. The first-order valence-corrected chi connectivity index (χ1v) is 10.9. The largest absolute Gasteiger partial charge is 0.364 e. The lowest BCUT2D eigenvalue weighted by Gasteiger charge is -2.16. The minimum Gasteiger partial charge on any atom is -0.364 e. The van der Waals surface area contributed by atoms with Gasteiger partial charge in [0.1, 0.15) is 12.2 Å². The van der Waals surface area contributed by atoms with Crippen molar-refractivity contribution in [1.82, 2.24) is 34.2 Å². The van der Waals surface area contributed by atoms with Crippen LogP contribution in [0, 0.1) is 6.92 Å². The normalized spacial score (nSPS) is 16.5. The van der Waals surface area contributed by atoms with Crippen molar-refractivity contribution < 1.29 is 4.79 Å². The van der Waals surface area contributed by atoms with Gasteiger partial charge in [-0.1, -0.05) is 13.8 Å². The van der Waals surface area contributed by atoms with E-state index in [1.807, 2.05) is 22.7 Å². The van der Waals surface area contributed by atoms with Crippen LogP contribution < -0.4 is 5.32 Å². The second kappa shape index (κ2) is 8.41. The van der Waals surface area contributed by atoms with Crippen LogP contribution >= 0.6 is 0 Å². The zero-order valence-electron chi connectivity index (χ0n) is 18.2. The quantitative estimate of drug-likeness (QED) is 0.644. The maximum Gasteiger partial charge on any atom is 0.222 e. The van der Waals surface area contributed by atoms with Crippen molar-refractivity contribution >= 4 is 22.9 Å². The highest BCUT2D eigenvalue weighted by atomic mass is 16.2. The Bertz CT molecular complexity index is 1050. The van der Waals surface area contributed by atoms with Gasteiger partial charge in [0.25, 0.3) is 0 Å². The third-order valence-corrected chi connectivity index (χ3v) is 5.81. The number of likely N-dealkylation sites (tertiary alicyclic amines) is 1. The average molecular weight is 411 g/mol. The van der Waals surface area contributed by atoms with Crippen LogP contribution in [0.5, 0.6) is 0 Å². The van der Waals surface area contributed by atoms with Gasteiger partial charge in [0.15, 0.2) is 17.0 Å².